The topological polar surface area (TPSA) is 89.6 Å². The predicted molar refractivity (Wildman–Crippen MR) is 131 cm³/mol. The number of aliphatic hydroxyl groups is 2. The first-order chi connectivity index (χ1) is 16.2. The second kappa shape index (κ2) is 12.0. The van der Waals surface area contributed by atoms with Crippen molar-refractivity contribution in [3.8, 4) is 11.5 Å². The molecule has 0 unspecified atom stereocenters. The van der Waals surface area contributed by atoms with Gasteiger partial charge in [0, 0.05) is 5.41 Å². The molecule has 1 aromatic heterocycles. The minimum Gasteiger partial charge on any atom is -0.491 e. The summed E-state index contributed by atoms with van der Waals surface area (Å²) < 4.78 is 26.1. The third-order valence-corrected chi connectivity index (χ3v) is 6.38. The van der Waals surface area contributed by atoms with Crippen molar-refractivity contribution in [3.05, 3.63) is 70.0 Å². The number of hydrogen-bond acceptors (Lipinski definition) is 6. The lowest BCUT2D eigenvalue weighted by Gasteiger charge is -2.27. The molecule has 0 fully saturated rings. The number of nitrogens with zero attached hydrogens (tertiary/aromatic N) is 3. The number of aliphatic hydroxyl groups excluding tert-OH is 2. The molecule has 184 valence electrons. The molecule has 0 amide bonds. The molecule has 2 aromatic carbocycles. The van der Waals surface area contributed by atoms with E-state index in [0.29, 0.717) is 11.5 Å². The van der Waals surface area contributed by atoms with Crippen molar-refractivity contribution in [2.75, 3.05) is 19.1 Å². The number of halogens is 3. The maximum Gasteiger partial charge on any atom is 0.135 e. The average molecular weight is 557 g/mol. The van der Waals surface area contributed by atoms with Crippen LogP contribution in [-0.4, -0.2) is 56.5 Å². The van der Waals surface area contributed by atoms with Crippen LogP contribution in [-0.2, 0) is 18.6 Å². The van der Waals surface area contributed by atoms with E-state index < -0.39 is 18.9 Å². The van der Waals surface area contributed by atoms with Crippen LogP contribution in [0.3, 0.4) is 0 Å². The molecule has 34 heavy (non-hydrogen) atoms. The van der Waals surface area contributed by atoms with Gasteiger partial charge in [0.25, 0.3) is 0 Å². The lowest BCUT2D eigenvalue weighted by atomic mass is 9.78. The van der Waals surface area contributed by atoms with Crippen LogP contribution in [0.1, 0.15) is 30.7 Å². The fourth-order valence-corrected chi connectivity index (χ4v) is 3.90. The minimum atomic E-state index is -0.811. The standard InChI is InChI=1S/C24H28BrClFN3O4/c1-24(2,17-5-8-23(22(25)9-17)34-14-19(31)10-26)16-3-6-21(7-4-16)33-15-20(32)13-30-12-18(11-27)28-29-30/h3-9,12,19-20,31-32H,10-11,13-15H2,1-2H3/t19-,20+/m0/s1. The molecule has 2 N–H and O–H groups in total. The quantitative estimate of drug-likeness (QED) is 0.324. The molecule has 0 aliphatic rings. The van der Waals surface area contributed by atoms with E-state index in [1.165, 1.54) is 10.9 Å². The first-order valence-corrected chi connectivity index (χ1v) is 12.1. The fourth-order valence-electron chi connectivity index (χ4n) is 3.32. The van der Waals surface area contributed by atoms with Crippen molar-refractivity contribution in [3.63, 3.8) is 0 Å². The molecule has 0 aliphatic heterocycles. The van der Waals surface area contributed by atoms with Crippen LogP contribution in [0, 0.1) is 0 Å². The summed E-state index contributed by atoms with van der Waals surface area (Å²) in [5, 5.41) is 27.2. The minimum absolute atomic E-state index is 0.0698. The van der Waals surface area contributed by atoms with Gasteiger partial charge in [-0.25, -0.2) is 9.07 Å². The Kier molecular flexibility index (Phi) is 9.30. The van der Waals surface area contributed by atoms with Crippen LogP contribution in [0.4, 0.5) is 4.39 Å². The van der Waals surface area contributed by atoms with Crippen molar-refractivity contribution >= 4 is 27.5 Å². The zero-order valence-electron chi connectivity index (χ0n) is 19.0. The van der Waals surface area contributed by atoms with E-state index in [1.807, 2.05) is 42.5 Å². The van der Waals surface area contributed by atoms with Crippen molar-refractivity contribution in [2.45, 2.75) is 44.7 Å². The van der Waals surface area contributed by atoms with Gasteiger partial charge in [-0.2, -0.15) is 0 Å². The Labute approximate surface area is 211 Å². The number of rotatable bonds is 12. The van der Waals surface area contributed by atoms with Gasteiger partial charge in [-0.05, 0) is 51.3 Å². The van der Waals surface area contributed by atoms with Crippen molar-refractivity contribution in [1.82, 2.24) is 15.0 Å². The molecule has 0 radical (unpaired) electrons. The molecule has 0 aliphatic carbocycles. The molecule has 7 nitrogen and oxygen atoms in total. The molecule has 3 rings (SSSR count). The monoisotopic (exact) mass is 555 g/mol. The second-order valence-electron chi connectivity index (χ2n) is 8.44. The smallest absolute Gasteiger partial charge is 0.135 e. The highest BCUT2D eigenvalue weighted by atomic mass is 79.9. The number of aromatic nitrogens is 3. The Bertz CT molecular complexity index is 1060. The van der Waals surface area contributed by atoms with Crippen LogP contribution in [0.2, 0.25) is 0 Å². The molecule has 10 heteroatoms. The Hall–Kier alpha value is -2.20. The highest BCUT2D eigenvalue weighted by Crippen LogP contribution is 2.36. The first-order valence-electron chi connectivity index (χ1n) is 10.8. The van der Waals surface area contributed by atoms with Crippen LogP contribution >= 0.6 is 27.5 Å². The van der Waals surface area contributed by atoms with Crippen molar-refractivity contribution in [2.24, 2.45) is 0 Å². The number of alkyl halides is 2. The summed E-state index contributed by atoms with van der Waals surface area (Å²) in [6.07, 6.45) is -0.0717. The van der Waals surface area contributed by atoms with Crippen LogP contribution in [0.15, 0.2) is 53.1 Å². The average Bonchev–Trinajstić information content (AvgIpc) is 3.29. The van der Waals surface area contributed by atoms with Gasteiger partial charge >= 0.3 is 0 Å². The van der Waals surface area contributed by atoms with E-state index in [-0.39, 0.29) is 36.7 Å². The molecule has 1 heterocycles. The van der Waals surface area contributed by atoms with E-state index in [4.69, 9.17) is 21.1 Å². The van der Waals surface area contributed by atoms with Gasteiger partial charge in [0.1, 0.15) is 49.3 Å². The number of hydrogen-bond donors (Lipinski definition) is 2. The van der Waals surface area contributed by atoms with Crippen LogP contribution in [0.25, 0.3) is 0 Å². The zero-order valence-corrected chi connectivity index (χ0v) is 21.3. The predicted octanol–water partition coefficient (Wildman–Crippen LogP) is 4.25. The summed E-state index contributed by atoms with van der Waals surface area (Å²) in [6.45, 7) is 3.91. The summed E-state index contributed by atoms with van der Waals surface area (Å²) in [5.41, 5.74) is 2.09. The highest BCUT2D eigenvalue weighted by molar-refractivity contribution is 9.10. The summed E-state index contributed by atoms with van der Waals surface area (Å²) in [7, 11) is 0. The molecule has 3 aromatic rings. The first kappa shape index (κ1) is 26.4. The van der Waals surface area contributed by atoms with Gasteiger partial charge in [-0.1, -0.05) is 37.3 Å². The molecule has 0 bridgehead atoms. The van der Waals surface area contributed by atoms with Crippen molar-refractivity contribution < 1.29 is 24.1 Å². The molecular formula is C24H28BrClFN3O4. The van der Waals surface area contributed by atoms with E-state index >= 15 is 0 Å². The lowest BCUT2D eigenvalue weighted by Crippen LogP contribution is -2.24. The molecular weight excluding hydrogens is 529 g/mol. The molecule has 0 saturated heterocycles. The van der Waals surface area contributed by atoms with Gasteiger partial charge in [0.15, 0.2) is 0 Å². The lowest BCUT2D eigenvalue weighted by molar-refractivity contribution is 0.0888. The van der Waals surface area contributed by atoms with E-state index in [9.17, 15) is 14.6 Å². The van der Waals surface area contributed by atoms with Crippen LogP contribution in [0.5, 0.6) is 11.5 Å². The Morgan fingerprint density at radius 2 is 1.74 bits per heavy atom. The second-order valence-corrected chi connectivity index (χ2v) is 9.61. The summed E-state index contributed by atoms with van der Waals surface area (Å²) in [6, 6.07) is 13.6. The van der Waals surface area contributed by atoms with E-state index in [0.717, 1.165) is 15.6 Å². The summed E-state index contributed by atoms with van der Waals surface area (Å²) in [4.78, 5) is 0. The molecule has 2 atom stereocenters. The summed E-state index contributed by atoms with van der Waals surface area (Å²) in [5.74, 6) is 1.38. The Morgan fingerprint density at radius 3 is 2.35 bits per heavy atom. The Morgan fingerprint density at radius 1 is 1.06 bits per heavy atom. The van der Waals surface area contributed by atoms with Crippen LogP contribution < -0.4 is 9.47 Å². The van der Waals surface area contributed by atoms with Gasteiger partial charge in [0.2, 0.25) is 0 Å². The Balaban J connectivity index is 1.59. The van der Waals surface area contributed by atoms with Gasteiger partial charge in [-0.3, -0.25) is 0 Å². The fraction of sp³-hybridized carbons (Fsp3) is 0.417. The van der Waals surface area contributed by atoms with E-state index in [1.54, 1.807) is 0 Å². The maximum atomic E-state index is 12.6. The number of benzene rings is 2. The van der Waals surface area contributed by atoms with Gasteiger partial charge in [0.05, 0.1) is 23.1 Å². The molecule has 0 spiro atoms. The number of ether oxygens (including phenoxy) is 2. The zero-order chi connectivity index (χ0) is 24.7. The van der Waals surface area contributed by atoms with E-state index in [2.05, 4.69) is 40.1 Å². The summed E-state index contributed by atoms with van der Waals surface area (Å²) >= 11 is 9.16. The third kappa shape index (κ3) is 6.91. The van der Waals surface area contributed by atoms with Crippen molar-refractivity contribution in [1.29, 1.82) is 0 Å². The third-order valence-electron chi connectivity index (χ3n) is 5.40. The van der Waals surface area contributed by atoms with Gasteiger partial charge in [-0.15, -0.1) is 16.7 Å². The van der Waals surface area contributed by atoms with Gasteiger partial charge < -0.3 is 19.7 Å². The molecule has 0 saturated carbocycles. The normalized spacial score (nSPS) is 13.5. The SMILES string of the molecule is CC(C)(c1ccc(OC[C@H](O)Cn2cc(CF)nn2)cc1)c1ccc(OC[C@@H](O)CCl)c(Br)c1. The maximum absolute atomic E-state index is 12.6. The highest BCUT2D eigenvalue weighted by Gasteiger charge is 2.24. The largest absolute Gasteiger partial charge is 0.491 e.